The number of ether oxygens (including phenoxy) is 1. The Morgan fingerprint density at radius 2 is 1.70 bits per heavy atom. The fourth-order valence-corrected chi connectivity index (χ4v) is 3.55. The molecular weight excluding hydrogens is 338 g/mol. The number of hydrogen-bond acceptors (Lipinski definition) is 3. The number of hydrogen-bond donors (Lipinski definition) is 1. The summed E-state index contributed by atoms with van der Waals surface area (Å²) in [7, 11) is 1.65. The van der Waals surface area contributed by atoms with Gasteiger partial charge in [-0.2, -0.15) is 0 Å². The number of para-hydroxylation sites is 2. The zero-order valence-corrected chi connectivity index (χ0v) is 16.4. The van der Waals surface area contributed by atoms with Gasteiger partial charge in [0.05, 0.1) is 7.11 Å². The van der Waals surface area contributed by atoms with E-state index in [-0.39, 0.29) is 6.03 Å². The molecule has 2 amide bonds. The number of nitrogens with one attached hydrogen (secondary N) is 1. The van der Waals surface area contributed by atoms with Crippen molar-refractivity contribution in [3.63, 3.8) is 0 Å². The summed E-state index contributed by atoms with van der Waals surface area (Å²) in [4.78, 5) is 16.8. The van der Waals surface area contributed by atoms with Crippen LogP contribution >= 0.6 is 0 Å². The number of methoxy groups -OCH3 is 1. The summed E-state index contributed by atoms with van der Waals surface area (Å²) in [5.41, 5.74) is 3.64. The molecule has 0 radical (unpaired) electrons. The first kappa shape index (κ1) is 19.1. The van der Waals surface area contributed by atoms with Crippen LogP contribution in [-0.4, -0.2) is 44.2 Å². The number of rotatable bonds is 5. The Hall–Kier alpha value is -2.69. The number of amides is 2. The summed E-state index contributed by atoms with van der Waals surface area (Å²) in [6, 6.07) is 16.3. The Balaban J connectivity index is 1.55. The maximum atomic E-state index is 12.5. The third-order valence-corrected chi connectivity index (χ3v) is 5.09. The van der Waals surface area contributed by atoms with Crippen LogP contribution in [0.15, 0.2) is 48.5 Å². The number of nitrogens with zero attached hydrogens (tertiary/aromatic N) is 2. The largest absolute Gasteiger partial charge is 0.496 e. The molecule has 2 aromatic rings. The first-order chi connectivity index (χ1) is 13.1. The molecule has 144 valence electrons. The molecule has 0 spiro atoms. The van der Waals surface area contributed by atoms with Crippen LogP contribution in [0, 0.1) is 0 Å². The molecule has 1 heterocycles. The molecule has 1 aliphatic heterocycles. The van der Waals surface area contributed by atoms with E-state index in [1.807, 2.05) is 29.2 Å². The van der Waals surface area contributed by atoms with Crippen LogP contribution in [0.5, 0.6) is 5.75 Å². The lowest BCUT2D eigenvalue weighted by molar-refractivity contribution is 0.194. The summed E-state index contributed by atoms with van der Waals surface area (Å²) < 4.78 is 5.35. The molecule has 2 aromatic carbocycles. The molecule has 1 aliphatic rings. The van der Waals surface area contributed by atoms with E-state index >= 15 is 0 Å². The van der Waals surface area contributed by atoms with Crippen LogP contribution in [0.4, 0.5) is 10.5 Å². The highest BCUT2D eigenvalue weighted by Gasteiger charge is 2.23. The fraction of sp³-hybridized carbons (Fsp3) is 0.409. The predicted octanol–water partition coefficient (Wildman–Crippen LogP) is 3.85. The Morgan fingerprint density at radius 3 is 2.41 bits per heavy atom. The molecular formula is C22H29N3O2. The van der Waals surface area contributed by atoms with Crippen LogP contribution in [-0.2, 0) is 6.54 Å². The lowest BCUT2D eigenvalue weighted by Crippen LogP contribution is -2.51. The molecule has 0 bridgehead atoms. The van der Waals surface area contributed by atoms with Gasteiger partial charge in [-0.15, -0.1) is 0 Å². The molecule has 0 aromatic heterocycles. The molecule has 0 unspecified atom stereocenters. The van der Waals surface area contributed by atoms with Crippen LogP contribution in [0.2, 0.25) is 0 Å². The van der Waals surface area contributed by atoms with E-state index in [9.17, 15) is 4.79 Å². The number of anilines is 1. The Morgan fingerprint density at radius 1 is 1.04 bits per heavy atom. The van der Waals surface area contributed by atoms with Crippen molar-refractivity contribution < 1.29 is 9.53 Å². The number of benzene rings is 2. The van der Waals surface area contributed by atoms with E-state index < -0.39 is 0 Å². The lowest BCUT2D eigenvalue weighted by Gasteiger charge is -2.37. The number of urea groups is 1. The van der Waals surface area contributed by atoms with Gasteiger partial charge in [-0.25, -0.2) is 4.79 Å². The Kier molecular flexibility index (Phi) is 6.22. The van der Waals surface area contributed by atoms with Crippen molar-refractivity contribution in [1.29, 1.82) is 0 Å². The average molecular weight is 367 g/mol. The third kappa shape index (κ3) is 4.54. The standard InChI is InChI=1S/C22H29N3O2/c1-17(2)19-9-5-6-10-20(19)24-12-14-25(15-13-24)22(26)23-16-18-8-4-7-11-21(18)27-3/h4-11,17H,12-16H2,1-3H3,(H,23,26). The van der Waals surface area contributed by atoms with Gasteiger partial charge in [-0.1, -0.05) is 50.2 Å². The molecule has 1 N–H and O–H groups in total. The van der Waals surface area contributed by atoms with Gasteiger partial charge >= 0.3 is 6.03 Å². The zero-order chi connectivity index (χ0) is 19.2. The topological polar surface area (TPSA) is 44.8 Å². The van der Waals surface area contributed by atoms with E-state index in [1.54, 1.807) is 7.11 Å². The van der Waals surface area contributed by atoms with E-state index in [0.717, 1.165) is 37.5 Å². The first-order valence-corrected chi connectivity index (χ1v) is 9.58. The smallest absolute Gasteiger partial charge is 0.317 e. The zero-order valence-electron chi connectivity index (χ0n) is 16.4. The van der Waals surface area contributed by atoms with Gasteiger partial charge in [0.2, 0.25) is 0 Å². The minimum atomic E-state index is -0.0160. The summed E-state index contributed by atoms with van der Waals surface area (Å²) in [6.07, 6.45) is 0. The highest BCUT2D eigenvalue weighted by atomic mass is 16.5. The predicted molar refractivity (Wildman–Crippen MR) is 110 cm³/mol. The van der Waals surface area contributed by atoms with Gasteiger partial charge in [0.1, 0.15) is 5.75 Å². The monoisotopic (exact) mass is 367 g/mol. The minimum absolute atomic E-state index is 0.0160. The van der Waals surface area contributed by atoms with Crippen molar-refractivity contribution in [3.05, 3.63) is 59.7 Å². The van der Waals surface area contributed by atoms with E-state index in [4.69, 9.17) is 4.74 Å². The molecule has 0 saturated carbocycles. The number of carbonyl (C=O) groups excluding carboxylic acids is 1. The van der Waals surface area contributed by atoms with Crippen molar-refractivity contribution in [3.8, 4) is 5.75 Å². The normalized spacial score (nSPS) is 14.4. The van der Waals surface area contributed by atoms with Crippen LogP contribution in [0.25, 0.3) is 0 Å². The maximum absolute atomic E-state index is 12.5. The lowest BCUT2D eigenvalue weighted by atomic mass is 10.00. The van der Waals surface area contributed by atoms with Crippen molar-refractivity contribution in [2.45, 2.75) is 26.3 Å². The second-order valence-electron chi connectivity index (χ2n) is 7.16. The van der Waals surface area contributed by atoms with Crippen molar-refractivity contribution in [2.24, 2.45) is 0 Å². The van der Waals surface area contributed by atoms with Gasteiger partial charge in [0.15, 0.2) is 0 Å². The molecule has 0 aliphatic carbocycles. The summed E-state index contributed by atoms with van der Waals surface area (Å²) >= 11 is 0. The highest BCUT2D eigenvalue weighted by Crippen LogP contribution is 2.28. The second kappa shape index (κ2) is 8.80. The van der Waals surface area contributed by atoms with Crippen molar-refractivity contribution in [2.75, 3.05) is 38.2 Å². The van der Waals surface area contributed by atoms with E-state index in [2.05, 4.69) is 48.3 Å². The molecule has 3 rings (SSSR count). The molecule has 0 atom stereocenters. The summed E-state index contributed by atoms with van der Waals surface area (Å²) in [5.74, 6) is 1.29. The minimum Gasteiger partial charge on any atom is -0.496 e. The second-order valence-corrected chi connectivity index (χ2v) is 7.16. The van der Waals surface area contributed by atoms with Gasteiger partial charge in [-0.05, 0) is 23.6 Å². The van der Waals surface area contributed by atoms with Crippen molar-refractivity contribution in [1.82, 2.24) is 10.2 Å². The highest BCUT2D eigenvalue weighted by molar-refractivity contribution is 5.74. The average Bonchev–Trinajstić information content (AvgIpc) is 2.72. The number of carbonyl (C=O) groups is 1. The van der Waals surface area contributed by atoms with E-state index in [1.165, 1.54) is 11.3 Å². The number of piperazine rings is 1. The fourth-order valence-electron chi connectivity index (χ4n) is 3.55. The van der Waals surface area contributed by atoms with Crippen LogP contribution in [0.3, 0.4) is 0 Å². The quantitative estimate of drug-likeness (QED) is 0.873. The molecule has 5 heteroatoms. The SMILES string of the molecule is COc1ccccc1CNC(=O)N1CCN(c2ccccc2C(C)C)CC1. The molecule has 1 fully saturated rings. The van der Waals surface area contributed by atoms with Crippen LogP contribution in [0.1, 0.15) is 30.9 Å². The van der Waals surface area contributed by atoms with E-state index in [0.29, 0.717) is 12.5 Å². The van der Waals surface area contributed by atoms with Gasteiger partial charge < -0.3 is 19.9 Å². The van der Waals surface area contributed by atoms with Gasteiger partial charge in [0, 0.05) is 44.0 Å². The van der Waals surface area contributed by atoms with Crippen LogP contribution < -0.4 is 15.0 Å². The first-order valence-electron chi connectivity index (χ1n) is 9.58. The summed E-state index contributed by atoms with van der Waals surface area (Å²) in [6.45, 7) is 8.08. The molecule has 5 nitrogen and oxygen atoms in total. The Labute approximate surface area is 161 Å². The summed E-state index contributed by atoms with van der Waals surface area (Å²) in [5, 5.41) is 3.02. The van der Waals surface area contributed by atoms with Gasteiger partial charge in [0.25, 0.3) is 0 Å². The third-order valence-electron chi connectivity index (χ3n) is 5.09. The Bertz CT molecular complexity index is 768. The van der Waals surface area contributed by atoms with Gasteiger partial charge in [-0.3, -0.25) is 0 Å². The van der Waals surface area contributed by atoms with Crippen molar-refractivity contribution >= 4 is 11.7 Å². The molecule has 1 saturated heterocycles. The molecule has 27 heavy (non-hydrogen) atoms. The maximum Gasteiger partial charge on any atom is 0.317 e.